The number of amides is 2. The van der Waals surface area contributed by atoms with Crippen LogP contribution in [0.2, 0.25) is 0 Å². The summed E-state index contributed by atoms with van der Waals surface area (Å²) in [7, 11) is 0. The highest BCUT2D eigenvalue weighted by Crippen LogP contribution is 2.30. The minimum Gasteiger partial charge on any atom is -0.466 e. The Hall–Kier alpha value is -3.39. The summed E-state index contributed by atoms with van der Waals surface area (Å²) in [5.41, 5.74) is 1.88. The molecule has 2 aliphatic rings. The molecule has 2 saturated heterocycles. The largest absolute Gasteiger partial charge is 0.466 e. The van der Waals surface area contributed by atoms with Gasteiger partial charge in [0.2, 0.25) is 5.91 Å². The summed E-state index contributed by atoms with van der Waals surface area (Å²) in [5, 5.41) is 8.37. The van der Waals surface area contributed by atoms with Crippen LogP contribution in [0.3, 0.4) is 0 Å². The van der Waals surface area contributed by atoms with Gasteiger partial charge in [0.25, 0.3) is 5.91 Å². The van der Waals surface area contributed by atoms with Crippen molar-refractivity contribution in [2.75, 3.05) is 24.6 Å². The monoisotopic (exact) mass is 434 g/mol. The normalized spacial score (nSPS) is 22.0. The molecular formula is C24H26N4O4. The molecule has 0 radical (unpaired) electrons. The Morgan fingerprint density at radius 1 is 1.03 bits per heavy atom. The van der Waals surface area contributed by atoms with E-state index in [4.69, 9.17) is 4.74 Å². The standard InChI is InChI=1S/C24H26N4O4/c1-2-32-24(31)17-7-6-14-27(16-17)21-15-22(29)28(23(21)30)20-12-10-19(11-13-20)26-25-18-8-4-3-5-9-18/h3-5,8-13,17,21H,2,6-7,14-16H2,1H3/t17-,21+/m0/s1. The third-order valence-electron chi connectivity index (χ3n) is 5.78. The lowest BCUT2D eigenvalue weighted by Gasteiger charge is -2.34. The number of esters is 1. The van der Waals surface area contributed by atoms with Crippen LogP contribution in [-0.4, -0.2) is 48.4 Å². The molecule has 166 valence electrons. The molecule has 0 saturated carbocycles. The molecule has 32 heavy (non-hydrogen) atoms. The second kappa shape index (κ2) is 9.82. The lowest BCUT2D eigenvalue weighted by atomic mass is 9.96. The van der Waals surface area contributed by atoms with Crippen molar-refractivity contribution in [3.8, 4) is 0 Å². The molecule has 0 N–H and O–H groups in total. The summed E-state index contributed by atoms with van der Waals surface area (Å²) < 4.78 is 5.15. The number of hydrogen-bond acceptors (Lipinski definition) is 7. The third kappa shape index (κ3) is 4.75. The molecular weight excluding hydrogens is 408 g/mol. The predicted molar refractivity (Wildman–Crippen MR) is 119 cm³/mol. The average Bonchev–Trinajstić information content (AvgIpc) is 3.13. The highest BCUT2D eigenvalue weighted by molar-refractivity contribution is 6.22. The molecule has 2 aromatic carbocycles. The quantitative estimate of drug-likeness (QED) is 0.389. The smallest absolute Gasteiger partial charge is 0.310 e. The van der Waals surface area contributed by atoms with Crippen molar-refractivity contribution >= 4 is 34.8 Å². The molecule has 2 amide bonds. The summed E-state index contributed by atoms with van der Waals surface area (Å²) in [6.07, 6.45) is 1.65. The number of likely N-dealkylation sites (tertiary alicyclic amines) is 1. The zero-order chi connectivity index (χ0) is 22.5. The first-order chi connectivity index (χ1) is 15.6. The first kappa shape index (κ1) is 21.8. The molecule has 0 aromatic heterocycles. The van der Waals surface area contributed by atoms with Crippen LogP contribution in [0, 0.1) is 5.92 Å². The minimum atomic E-state index is -0.544. The lowest BCUT2D eigenvalue weighted by Crippen LogP contribution is -2.48. The van der Waals surface area contributed by atoms with E-state index in [9.17, 15) is 14.4 Å². The Morgan fingerprint density at radius 2 is 1.72 bits per heavy atom. The fourth-order valence-electron chi connectivity index (χ4n) is 4.19. The number of azo groups is 1. The topological polar surface area (TPSA) is 91.6 Å². The summed E-state index contributed by atoms with van der Waals surface area (Å²) in [5.74, 6) is -0.976. The van der Waals surface area contributed by atoms with Gasteiger partial charge >= 0.3 is 5.97 Å². The number of anilines is 1. The Kier molecular flexibility index (Phi) is 6.70. The molecule has 2 atom stereocenters. The molecule has 2 heterocycles. The van der Waals surface area contributed by atoms with E-state index in [1.165, 1.54) is 4.90 Å². The van der Waals surface area contributed by atoms with Gasteiger partial charge in [0.05, 0.1) is 42.0 Å². The van der Waals surface area contributed by atoms with Crippen molar-refractivity contribution in [2.24, 2.45) is 16.1 Å². The molecule has 2 aliphatic heterocycles. The third-order valence-corrected chi connectivity index (χ3v) is 5.78. The predicted octanol–water partition coefficient (Wildman–Crippen LogP) is 4.01. The van der Waals surface area contributed by atoms with Gasteiger partial charge in [-0.15, -0.1) is 0 Å². The molecule has 2 aromatic rings. The molecule has 0 bridgehead atoms. The number of hydrogen-bond donors (Lipinski definition) is 0. The fourth-order valence-corrected chi connectivity index (χ4v) is 4.19. The Bertz CT molecular complexity index is 1010. The second-order valence-corrected chi connectivity index (χ2v) is 7.93. The molecule has 4 rings (SSSR count). The summed E-state index contributed by atoms with van der Waals surface area (Å²) in [6, 6.07) is 15.7. The van der Waals surface area contributed by atoms with Crippen LogP contribution < -0.4 is 4.90 Å². The van der Waals surface area contributed by atoms with E-state index < -0.39 is 6.04 Å². The van der Waals surface area contributed by atoms with Gasteiger partial charge < -0.3 is 4.74 Å². The van der Waals surface area contributed by atoms with Crippen molar-refractivity contribution in [3.05, 3.63) is 54.6 Å². The summed E-state index contributed by atoms with van der Waals surface area (Å²) >= 11 is 0. The van der Waals surface area contributed by atoms with Gasteiger partial charge in [-0.3, -0.25) is 19.3 Å². The molecule has 8 nitrogen and oxygen atoms in total. The molecule has 0 spiro atoms. The van der Waals surface area contributed by atoms with Crippen molar-refractivity contribution in [3.63, 3.8) is 0 Å². The Balaban J connectivity index is 1.43. The Labute approximate surface area is 186 Å². The maximum absolute atomic E-state index is 13.1. The van der Waals surface area contributed by atoms with E-state index >= 15 is 0 Å². The van der Waals surface area contributed by atoms with Gasteiger partial charge in [0.15, 0.2) is 0 Å². The van der Waals surface area contributed by atoms with E-state index in [0.29, 0.717) is 31.1 Å². The highest BCUT2D eigenvalue weighted by atomic mass is 16.5. The van der Waals surface area contributed by atoms with Crippen molar-refractivity contribution in [2.45, 2.75) is 32.2 Å². The van der Waals surface area contributed by atoms with Crippen molar-refractivity contribution in [1.82, 2.24) is 4.90 Å². The number of piperidine rings is 1. The van der Waals surface area contributed by atoms with Gasteiger partial charge in [-0.25, -0.2) is 4.90 Å². The van der Waals surface area contributed by atoms with Crippen LogP contribution in [0.1, 0.15) is 26.2 Å². The zero-order valence-corrected chi connectivity index (χ0v) is 18.0. The van der Waals surface area contributed by atoms with Crippen molar-refractivity contribution < 1.29 is 19.1 Å². The number of benzene rings is 2. The minimum absolute atomic E-state index is 0.115. The number of carbonyl (C=O) groups excluding carboxylic acids is 3. The van der Waals surface area contributed by atoms with Crippen LogP contribution in [0.5, 0.6) is 0 Å². The van der Waals surface area contributed by atoms with Gasteiger partial charge in [-0.1, -0.05) is 18.2 Å². The number of rotatable bonds is 6. The summed E-state index contributed by atoms with van der Waals surface area (Å²) in [4.78, 5) is 41.1. The number of ether oxygens (including phenoxy) is 1. The lowest BCUT2D eigenvalue weighted by molar-refractivity contribution is -0.150. The molecule has 0 unspecified atom stereocenters. The van der Waals surface area contributed by atoms with Gasteiger partial charge in [-0.2, -0.15) is 10.2 Å². The van der Waals surface area contributed by atoms with Crippen LogP contribution in [0.15, 0.2) is 64.8 Å². The van der Waals surface area contributed by atoms with E-state index in [-0.39, 0.29) is 30.1 Å². The Morgan fingerprint density at radius 3 is 2.41 bits per heavy atom. The number of nitrogens with zero attached hydrogens (tertiary/aromatic N) is 4. The van der Waals surface area contributed by atoms with Gasteiger partial charge in [-0.05, 0) is 62.7 Å². The van der Waals surface area contributed by atoms with Crippen LogP contribution >= 0.6 is 0 Å². The molecule has 8 heteroatoms. The maximum atomic E-state index is 13.1. The van der Waals surface area contributed by atoms with Crippen LogP contribution in [0.25, 0.3) is 0 Å². The van der Waals surface area contributed by atoms with E-state index in [1.54, 1.807) is 31.2 Å². The highest BCUT2D eigenvalue weighted by Gasteiger charge is 2.44. The first-order valence-corrected chi connectivity index (χ1v) is 10.9. The van der Waals surface area contributed by atoms with E-state index in [2.05, 4.69) is 10.2 Å². The SMILES string of the molecule is CCOC(=O)[C@H]1CCCN([C@@H]2CC(=O)N(c3ccc(N=Nc4ccccc4)cc3)C2=O)C1. The summed E-state index contributed by atoms with van der Waals surface area (Å²) in [6.45, 7) is 3.25. The van der Waals surface area contributed by atoms with Crippen LogP contribution in [-0.2, 0) is 19.1 Å². The molecule has 0 aliphatic carbocycles. The van der Waals surface area contributed by atoms with Gasteiger partial charge in [0, 0.05) is 6.54 Å². The van der Waals surface area contributed by atoms with E-state index in [1.807, 2.05) is 35.2 Å². The average molecular weight is 434 g/mol. The maximum Gasteiger partial charge on any atom is 0.310 e. The molecule has 2 fully saturated rings. The van der Waals surface area contributed by atoms with Crippen LogP contribution in [0.4, 0.5) is 17.1 Å². The second-order valence-electron chi connectivity index (χ2n) is 7.93. The van der Waals surface area contributed by atoms with Crippen molar-refractivity contribution in [1.29, 1.82) is 0 Å². The first-order valence-electron chi connectivity index (χ1n) is 10.9. The number of imide groups is 1. The van der Waals surface area contributed by atoms with E-state index in [0.717, 1.165) is 18.5 Å². The number of carbonyl (C=O) groups is 3. The fraction of sp³-hybridized carbons (Fsp3) is 0.375. The zero-order valence-electron chi connectivity index (χ0n) is 18.0. The van der Waals surface area contributed by atoms with Gasteiger partial charge in [0.1, 0.15) is 0 Å².